The molecule has 1 heterocycles. The fourth-order valence-corrected chi connectivity index (χ4v) is 2.34. The first-order chi connectivity index (χ1) is 4.43. The third kappa shape index (κ3) is 2.59. The molecule has 0 amide bonds. The van der Waals surface area contributed by atoms with Crippen molar-refractivity contribution in [3.05, 3.63) is 0 Å². The van der Waals surface area contributed by atoms with Gasteiger partial charge in [-0.2, -0.15) is 11.8 Å². The number of hydrogen-bond donors (Lipinski definition) is 1. The lowest BCUT2D eigenvalue weighted by molar-refractivity contribution is 0.669. The van der Waals surface area contributed by atoms with Gasteiger partial charge in [0.1, 0.15) is 0 Å². The molecule has 1 aliphatic rings. The van der Waals surface area contributed by atoms with Crippen molar-refractivity contribution in [2.75, 3.05) is 12.3 Å². The predicted octanol–water partition coefficient (Wildman–Crippen LogP) is 1.62. The molecule has 1 fully saturated rings. The van der Waals surface area contributed by atoms with Gasteiger partial charge in [0, 0.05) is 11.8 Å². The van der Waals surface area contributed by atoms with Gasteiger partial charge < -0.3 is 5.73 Å². The van der Waals surface area contributed by atoms with Crippen LogP contribution in [0.2, 0.25) is 0 Å². The van der Waals surface area contributed by atoms with Gasteiger partial charge in [0.15, 0.2) is 0 Å². The molecule has 1 nitrogen and oxygen atoms in total. The Bertz CT molecular complexity index is 67.3. The number of nitrogens with two attached hydrogens (primary N) is 1. The first kappa shape index (κ1) is 7.42. The van der Waals surface area contributed by atoms with Crippen molar-refractivity contribution in [1.82, 2.24) is 0 Å². The van der Waals surface area contributed by atoms with E-state index < -0.39 is 0 Å². The van der Waals surface area contributed by atoms with Crippen LogP contribution in [0.5, 0.6) is 0 Å². The van der Waals surface area contributed by atoms with Crippen molar-refractivity contribution >= 4 is 11.8 Å². The quantitative estimate of drug-likeness (QED) is 0.607. The molecule has 0 aromatic heterocycles. The van der Waals surface area contributed by atoms with Crippen LogP contribution in [0.25, 0.3) is 0 Å². The monoisotopic (exact) mass is 145 g/mol. The highest BCUT2D eigenvalue weighted by Crippen LogP contribution is 2.22. The molecule has 2 heteroatoms. The lowest BCUT2D eigenvalue weighted by Gasteiger charge is -2.08. The Morgan fingerprint density at radius 3 is 3.00 bits per heavy atom. The van der Waals surface area contributed by atoms with Gasteiger partial charge in [0.05, 0.1) is 0 Å². The fourth-order valence-electron chi connectivity index (χ4n) is 1.17. The third-order valence-electron chi connectivity index (χ3n) is 1.79. The Kier molecular flexibility index (Phi) is 3.44. The Balaban J connectivity index is 2.18. The van der Waals surface area contributed by atoms with E-state index in [0.29, 0.717) is 0 Å². The fraction of sp³-hybridized carbons (Fsp3) is 1.00. The van der Waals surface area contributed by atoms with Crippen molar-refractivity contribution < 1.29 is 0 Å². The van der Waals surface area contributed by atoms with Crippen LogP contribution in [-0.4, -0.2) is 17.5 Å². The van der Waals surface area contributed by atoms with Crippen molar-refractivity contribution in [2.45, 2.75) is 30.9 Å². The number of rotatable bonds is 1. The minimum absolute atomic E-state index is 0.771. The van der Waals surface area contributed by atoms with Gasteiger partial charge in [0.2, 0.25) is 0 Å². The molecule has 0 spiro atoms. The van der Waals surface area contributed by atoms with E-state index in [1.54, 1.807) is 0 Å². The molecule has 0 bridgehead atoms. The van der Waals surface area contributed by atoms with E-state index in [0.717, 1.165) is 11.8 Å². The maximum atomic E-state index is 5.55. The predicted molar refractivity (Wildman–Crippen MR) is 43.8 cm³/mol. The summed E-state index contributed by atoms with van der Waals surface area (Å²) in [6.07, 6.45) is 5.57. The van der Waals surface area contributed by atoms with E-state index >= 15 is 0 Å². The molecular weight excluding hydrogens is 130 g/mol. The summed E-state index contributed by atoms with van der Waals surface area (Å²) in [5, 5.41) is 0.771. The van der Waals surface area contributed by atoms with Gasteiger partial charge in [-0.25, -0.2) is 0 Å². The summed E-state index contributed by atoms with van der Waals surface area (Å²) in [4.78, 5) is 0. The summed E-state index contributed by atoms with van der Waals surface area (Å²) in [5.41, 5.74) is 5.55. The van der Waals surface area contributed by atoms with Gasteiger partial charge in [0.25, 0.3) is 0 Å². The normalized spacial score (nSPS) is 29.7. The first-order valence-corrected chi connectivity index (χ1v) is 4.80. The molecule has 0 aromatic rings. The topological polar surface area (TPSA) is 26.0 Å². The van der Waals surface area contributed by atoms with Gasteiger partial charge in [-0.15, -0.1) is 0 Å². The minimum atomic E-state index is 0.771. The van der Waals surface area contributed by atoms with Crippen molar-refractivity contribution in [1.29, 1.82) is 0 Å². The Morgan fingerprint density at radius 1 is 1.33 bits per heavy atom. The smallest absolute Gasteiger partial charge is 0.0170 e. The van der Waals surface area contributed by atoms with E-state index in [1.807, 2.05) is 0 Å². The average Bonchev–Trinajstić information content (AvgIpc) is 2.13. The highest BCUT2D eigenvalue weighted by molar-refractivity contribution is 7.99. The van der Waals surface area contributed by atoms with Gasteiger partial charge in [-0.05, 0) is 18.6 Å². The molecule has 1 unspecified atom stereocenters. The highest BCUT2D eigenvalue weighted by atomic mass is 32.2. The zero-order valence-corrected chi connectivity index (χ0v) is 6.62. The van der Waals surface area contributed by atoms with Crippen molar-refractivity contribution in [3.63, 3.8) is 0 Å². The summed E-state index contributed by atoms with van der Waals surface area (Å²) in [5.74, 6) is 1.34. The Hall–Kier alpha value is 0.310. The molecular formula is C7H15NS. The zero-order chi connectivity index (χ0) is 6.53. The van der Waals surface area contributed by atoms with Gasteiger partial charge in [-0.1, -0.05) is 12.8 Å². The molecule has 2 N–H and O–H groups in total. The molecule has 0 radical (unpaired) electrons. The Morgan fingerprint density at radius 2 is 2.22 bits per heavy atom. The van der Waals surface area contributed by atoms with Crippen LogP contribution in [0.3, 0.4) is 0 Å². The average molecular weight is 145 g/mol. The molecule has 1 saturated heterocycles. The second-order valence-electron chi connectivity index (χ2n) is 2.58. The van der Waals surface area contributed by atoms with Gasteiger partial charge >= 0.3 is 0 Å². The van der Waals surface area contributed by atoms with Crippen molar-refractivity contribution in [2.24, 2.45) is 5.73 Å². The van der Waals surface area contributed by atoms with Crippen LogP contribution in [0.15, 0.2) is 0 Å². The van der Waals surface area contributed by atoms with Crippen LogP contribution in [0.4, 0.5) is 0 Å². The summed E-state index contributed by atoms with van der Waals surface area (Å²) >= 11 is 2.06. The summed E-state index contributed by atoms with van der Waals surface area (Å²) in [6, 6.07) is 0. The highest BCUT2D eigenvalue weighted by Gasteiger charge is 2.09. The summed E-state index contributed by atoms with van der Waals surface area (Å²) in [7, 11) is 0. The second-order valence-corrected chi connectivity index (χ2v) is 3.99. The first-order valence-electron chi connectivity index (χ1n) is 3.75. The van der Waals surface area contributed by atoms with Crippen LogP contribution in [0.1, 0.15) is 25.7 Å². The Labute approximate surface area is 61.4 Å². The van der Waals surface area contributed by atoms with E-state index in [9.17, 15) is 0 Å². The van der Waals surface area contributed by atoms with Crippen LogP contribution >= 0.6 is 11.8 Å². The third-order valence-corrected chi connectivity index (χ3v) is 3.21. The standard InChI is InChI=1S/C7H15NS/c8-6-7-4-2-1-3-5-9-7/h7H,1-6,8H2. The number of thioether (sulfide) groups is 1. The zero-order valence-electron chi connectivity index (χ0n) is 5.81. The molecule has 0 aliphatic carbocycles. The molecule has 1 atom stereocenters. The van der Waals surface area contributed by atoms with Crippen LogP contribution in [0, 0.1) is 0 Å². The largest absolute Gasteiger partial charge is 0.329 e. The minimum Gasteiger partial charge on any atom is -0.329 e. The number of hydrogen-bond acceptors (Lipinski definition) is 2. The van der Waals surface area contributed by atoms with E-state index in [4.69, 9.17) is 5.73 Å². The van der Waals surface area contributed by atoms with Gasteiger partial charge in [-0.3, -0.25) is 0 Å². The van der Waals surface area contributed by atoms with Crippen molar-refractivity contribution in [3.8, 4) is 0 Å². The van der Waals surface area contributed by atoms with E-state index in [1.165, 1.54) is 31.4 Å². The summed E-state index contributed by atoms with van der Waals surface area (Å²) < 4.78 is 0. The van der Waals surface area contributed by atoms with E-state index in [-0.39, 0.29) is 0 Å². The molecule has 1 aliphatic heterocycles. The molecule has 1 rings (SSSR count). The molecule has 54 valence electrons. The maximum Gasteiger partial charge on any atom is 0.0170 e. The SMILES string of the molecule is NCC1CCCCCS1. The van der Waals surface area contributed by atoms with Crippen LogP contribution in [-0.2, 0) is 0 Å². The van der Waals surface area contributed by atoms with Crippen LogP contribution < -0.4 is 5.73 Å². The second kappa shape index (κ2) is 4.18. The van der Waals surface area contributed by atoms with E-state index in [2.05, 4.69) is 11.8 Å². The molecule has 9 heavy (non-hydrogen) atoms. The lowest BCUT2D eigenvalue weighted by atomic mass is 10.2. The summed E-state index contributed by atoms with van der Waals surface area (Å²) in [6.45, 7) is 0.880. The molecule has 0 saturated carbocycles. The molecule has 0 aromatic carbocycles. The lowest BCUT2D eigenvalue weighted by Crippen LogP contribution is -2.15. The maximum absolute atomic E-state index is 5.55.